The van der Waals surface area contributed by atoms with Gasteiger partial charge < -0.3 is 20.3 Å². The van der Waals surface area contributed by atoms with Crippen molar-refractivity contribution in [1.29, 1.82) is 0 Å². The number of β-amino-alcohol motifs (C(OH)–C–C–N with tert-alkyl or cyclic N) is 1. The van der Waals surface area contributed by atoms with Gasteiger partial charge in [0.25, 0.3) is 0 Å². The lowest BCUT2D eigenvalue weighted by Crippen LogP contribution is -2.26. The molecule has 4 aromatic rings. The van der Waals surface area contributed by atoms with Gasteiger partial charge in [0.1, 0.15) is 24.0 Å². The Morgan fingerprint density at radius 1 is 1.36 bits per heavy atom. The van der Waals surface area contributed by atoms with E-state index in [1.807, 2.05) is 10.5 Å². The summed E-state index contributed by atoms with van der Waals surface area (Å²) in [7, 11) is 0. The molecule has 2 unspecified atom stereocenters. The number of anilines is 2. The Morgan fingerprint density at radius 3 is 3.07 bits per heavy atom. The summed E-state index contributed by atoms with van der Waals surface area (Å²) < 4.78 is 1.99. The number of hydrogen-bond donors (Lipinski definition) is 3. The molecule has 1 aliphatic heterocycles. The first kappa shape index (κ1) is 17.2. The van der Waals surface area contributed by atoms with Crippen molar-refractivity contribution in [3.63, 3.8) is 0 Å². The van der Waals surface area contributed by atoms with Crippen molar-refractivity contribution in [3.05, 3.63) is 41.8 Å². The van der Waals surface area contributed by atoms with Crippen LogP contribution in [0.25, 0.3) is 16.7 Å². The first-order valence-corrected chi connectivity index (χ1v) is 9.47. The highest BCUT2D eigenvalue weighted by Gasteiger charge is 2.27. The smallest absolute Gasteiger partial charge is 0.182 e. The first-order chi connectivity index (χ1) is 13.6. The predicted molar refractivity (Wildman–Crippen MR) is 107 cm³/mol. The van der Waals surface area contributed by atoms with Crippen LogP contribution in [-0.4, -0.2) is 53.6 Å². The molecule has 0 amide bonds. The summed E-state index contributed by atoms with van der Waals surface area (Å²) in [6.07, 6.45) is 6.99. The normalized spacial score (nSPS) is 18.2. The average molecular weight is 399 g/mol. The molecule has 1 fully saturated rings. The Labute approximate surface area is 165 Å². The molecule has 28 heavy (non-hydrogen) atoms. The standard InChI is InChI=1S/C18H19ClN8O/c1-10(25-17-15-16(22-7-21-15)23-8-24-17)12-4-13(19)14-5-20-9-27(14)18(12)26-3-2-11(28)6-26/h4-5,7-11,28H,2-3,6H2,1H3,(H2,21,22,23,24,25). The van der Waals surface area contributed by atoms with Gasteiger partial charge in [0.15, 0.2) is 11.5 Å². The van der Waals surface area contributed by atoms with E-state index in [2.05, 4.69) is 42.1 Å². The fourth-order valence-corrected chi connectivity index (χ4v) is 4.06. The van der Waals surface area contributed by atoms with Gasteiger partial charge in [-0.05, 0) is 19.4 Å². The first-order valence-electron chi connectivity index (χ1n) is 9.10. The fraction of sp³-hybridized carbons (Fsp3) is 0.333. The van der Waals surface area contributed by atoms with Crippen LogP contribution in [0, 0.1) is 0 Å². The molecule has 5 rings (SSSR count). The van der Waals surface area contributed by atoms with Crippen molar-refractivity contribution in [2.24, 2.45) is 0 Å². The largest absolute Gasteiger partial charge is 0.391 e. The Morgan fingerprint density at radius 2 is 2.25 bits per heavy atom. The number of imidazole rings is 2. The number of halogens is 1. The molecule has 9 nitrogen and oxygen atoms in total. The van der Waals surface area contributed by atoms with Crippen LogP contribution in [-0.2, 0) is 0 Å². The summed E-state index contributed by atoms with van der Waals surface area (Å²) in [5.41, 5.74) is 3.20. The lowest BCUT2D eigenvalue weighted by molar-refractivity contribution is 0.198. The Kier molecular flexibility index (Phi) is 4.06. The van der Waals surface area contributed by atoms with Gasteiger partial charge in [-0.25, -0.2) is 19.9 Å². The van der Waals surface area contributed by atoms with Gasteiger partial charge in [-0.2, -0.15) is 0 Å². The Bertz CT molecular complexity index is 1160. The molecule has 10 heteroatoms. The minimum atomic E-state index is -0.336. The monoisotopic (exact) mass is 398 g/mol. The van der Waals surface area contributed by atoms with Gasteiger partial charge in [0, 0.05) is 18.7 Å². The van der Waals surface area contributed by atoms with Crippen LogP contribution in [0.1, 0.15) is 24.9 Å². The van der Waals surface area contributed by atoms with Crippen LogP contribution in [0.15, 0.2) is 31.2 Å². The van der Waals surface area contributed by atoms with E-state index in [1.54, 1.807) is 18.9 Å². The van der Waals surface area contributed by atoms with Crippen molar-refractivity contribution in [2.45, 2.75) is 25.5 Å². The number of aliphatic hydroxyl groups excluding tert-OH is 1. The van der Waals surface area contributed by atoms with Crippen LogP contribution in [0.2, 0.25) is 5.02 Å². The van der Waals surface area contributed by atoms with E-state index in [0.717, 1.165) is 35.4 Å². The zero-order chi connectivity index (χ0) is 19.3. The zero-order valence-corrected chi connectivity index (χ0v) is 15.9. The maximum Gasteiger partial charge on any atom is 0.182 e. The summed E-state index contributed by atoms with van der Waals surface area (Å²) in [6, 6.07) is 1.85. The predicted octanol–water partition coefficient (Wildman–Crippen LogP) is 2.40. The molecule has 0 bridgehead atoms. The van der Waals surface area contributed by atoms with Gasteiger partial charge in [-0.1, -0.05) is 11.6 Å². The molecule has 0 saturated carbocycles. The van der Waals surface area contributed by atoms with Gasteiger partial charge >= 0.3 is 0 Å². The summed E-state index contributed by atoms with van der Waals surface area (Å²) in [4.78, 5) is 22.2. The second-order valence-electron chi connectivity index (χ2n) is 7.00. The van der Waals surface area contributed by atoms with Crippen LogP contribution in [0.4, 0.5) is 11.6 Å². The number of nitrogens with one attached hydrogen (secondary N) is 2. The van der Waals surface area contributed by atoms with Gasteiger partial charge in [0.2, 0.25) is 0 Å². The molecular weight excluding hydrogens is 380 g/mol. The van der Waals surface area contributed by atoms with Crippen molar-refractivity contribution in [2.75, 3.05) is 23.3 Å². The molecular formula is C18H19ClN8O. The van der Waals surface area contributed by atoms with E-state index in [4.69, 9.17) is 11.6 Å². The maximum atomic E-state index is 10.1. The van der Waals surface area contributed by atoms with Gasteiger partial charge in [0.05, 0.1) is 35.2 Å². The third-order valence-electron chi connectivity index (χ3n) is 5.16. The highest BCUT2D eigenvalue weighted by molar-refractivity contribution is 6.34. The molecule has 5 heterocycles. The van der Waals surface area contributed by atoms with Crippen molar-refractivity contribution >= 4 is 39.9 Å². The van der Waals surface area contributed by atoms with Gasteiger partial charge in [-0.3, -0.25) is 4.40 Å². The van der Waals surface area contributed by atoms with E-state index >= 15 is 0 Å². The minimum absolute atomic E-state index is 0.113. The molecule has 4 aromatic heterocycles. The number of aromatic nitrogens is 6. The van der Waals surface area contributed by atoms with Gasteiger partial charge in [-0.15, -0.1) is 0 Å². The Balaban J connectivity index is 1.60. The summed E-state index contributed by atoms with van der Waals surface area (Å²) in [5, 5.41) is 14.1. The molecule has 1 saturated heterocycles. The highest BCUT2D eigenvalue weighted by atomic mass is 35.5. The molecule has 0 radical (unpaired) electrons. The second-order valence-corrected chi connectivity index (χ2v) is 7.41. The van der Waals surface area contributed by atoms with Crippen LogP contribution < -0.4 is 10.2 Å². The topological polar surface area (TPSA) is 107 Å². The maximum absolute atomic E-state index is 10.1. The fourth-order valence-electron chi connectivity index (χ4n) is 3.80. The summed E-state index contributed by atoms with van der Waals surface area (Å²) >= 11 is 6.54. The van der Waals surface area contributed by atoms with Crippen LogP contribution >= 0.6 is 11.6 Å². The molecule has 2 atom stereocenters. The van der Waals surface area contributed by atoms with E-state index in [1.165, 1.54) is 6.33 Å². The summed E-state index contributed by atoms with van der Waals surface area (Å²) in [6.45, 7) is 3.40. The van der Waals surface area contributed by atoms with Crippen LogP contribution in [0.3, 0.4) is 0 Å². The third-order valence-corrected chi connectivity index (χ3v) is 5.46. The second kappa shape index (κ2) is 6.61. The van der Waals surface area contributed by atoms with Crippen molar-refractivity contribution < 1.29 is 5.11 Å². The molecule has 144 valence electrons. The molecule has 3 N–H and O–H groups in total. The molecule has 0 aliphatic carbocycles. The number of nitrogens with zero attached hydrogens (tertiary/aromatic N) is 6. The molecule has 1 aliphatic rings. The highest BCUT2D eigenvalue weighted by Crippen LogP contribution is 2.35. The number of hydrogen-bond acceptors (Lipinski definition) is 7. The van der Waals surface area contributed by atoms with Crippen molar-refractivity contribution in [1.82, 2.24) is 29.3 Å². The third kappa shape index (κ3) is 2.74. The minimum Gasteiger partial charge on any atom is -0.391 e. The lowest BCUT2D eigenvalue weighted by atomic mass is 10.1. The number of rotatable bonds is 4. The lowest BCUT2D eigenvalue weighted by Gasteiger charge is -2.27. The van der Waals surface area contributed by atoms with Crippen LogP contribution in [0.5, 0.6) is 0 Å². The Hall–Kier alpha value is -2.91. The molecule has 0 spiro atoms. The van der Waals surface area contributed by atoms with E-state index in [0.29, 0.717) is 23.0 Å². The van der Waals surface area contributed by atoms with E-state index in [-0.39, 0.29) is 12.1 Å². The number of fused-ring (bicyclic) bond motifs is 2. The SMILES string of the molecule is CC(Nc1ncnc2nc[nH]c12)c1cc(Cl)c2cncn2c1N1CCC(O)C1. The van der Waals surface area contributed by atoms with E-state index in [9.17, 15) is 5.11 Å². The number of pyridine rings is 1. The van der Waals surface area contributed by atoms with E-state index < -0.39 is 0 Å². The molecule has 0 aromatic carbocycles. The number of aromatic amines is 1. The zero-order valence-electron chi connectivity index (χ0n) is 15.2. The quantitative estimate of drug-likeness (QED) is 0.484. The number of aliphatic hydroxyl groups is 1. The van der Waals surface area contributed by atoms with Crippen molar-refractivity contribution in [3.8, 4) is 0 Å². The average Bonchev–Trinajstić information content (AvgIpc) is 3.42. The summed E-state index contributed by atoms with van der Waals surface area (Å²) in [5.74, 6) is 1.65. The number of H-pyrrole nitrogens is 1.